The molecule has 1 heterocycles. The van der Waals surface area contributed by atoms with Crippen molar-refractivity contribution in [1.82, 2.24) is 9.78 Å². The Bertz CT molecular complexity index is 468. The largest absolute Gasteiger partial charge is 0.382 e. The Balaban J connectivity index is 2.12. The minimum Gasteiger partial charge on any atom is -0.382 e. The van der Waals surface area contributed by atoms with Gasteiger partial charge in [0.1, 0.15) is 0 Å². The summed E-state index contributed by atoms with van der Waals surface area (Å²) < 4.78 is 2.04. The molecule has 2 aromatic rings. The maximum Gasteiger partial charge on any atom is 0.153 e. The van der Waals surface area contributed by atoms with Gasteiger partial charge in [-0.15, -0.1) is 0 Å². The van der Waals surface area contributed by atoms with Crippen LogP contribution in [0.3, 0.4) is 0 Å². The quantitative estimate of drug-likeness (QED) is 0.781. The lowest BCUT2D eigenvalue weighted by molar-refractivity contribution is 0.582. The first-order chi connectivity index (χ1) is 6.84. The minimum absolute atomic E-state index is 0.654. The Morgan fingerprint density at radius 2 is 2.14 bits per heavy atom. The number of nitrogens with two attached hydrogens (primary N) is 1. The van der Waals surface area contributed by atoms with Crippen LogP contribution in [0.15, 0.2) is 24.3 Å². The smallest absolute Gasteiger partial charge is 0.153 e. The molecule has 2 N–H and O–H groups in total. The van der Waals surface area contributed by atoms with Crippen molar-refractivity contribution in [3.63, 3.8) is 0 Å². The summed E-state index contributed by atoms with van der Waals surface area (Å²) >= 11 is 0. The summed E-state index contributed by atoms with van der Waals surface area (Å²) in [5.74, 6) is 1.49. The lowest BCUT2D eigenvalue weighted by Crippen LogP contribution is -2.01. The van der Waals surface area contributed by atoms with Crippen LogP contribution in [0.2, 0.25) is 0 Å². The lowest BCUT2D eigenvalue weighted by Gasteiger charge is -1.99. The molecular formula is C11H13N3. The van der Waals surface area contributed by atoms with Crippen LogP contribution in [-0.2, 0) is 6.54 Å². The number of nitrogens with zero attached hydrogens (tertiary/aromatic N) is 2. The number of benzene rings is 1. The van der Waals surface area contributed by atoms with Gasteiger partial charge in [0.2, 0.25) is 0 Å². The summed E-state index contributed by atoms with van der Waals surface area (Å²) in [4.78, 5) is 0. The molecule has 0 saturated heterocycles. The number of anilines is 1. The monoisotopic (exact) mass is 187 g/mol. The molecule has 0 bridgehead atoms. The van der Waals surface area contributed by atoms with E-state index in [4.69, 9.17) is 5.73 Å². The average molecular weight is 187 g/mol. The molecule has 1 aromatic carbocycles. The van der Waals surface area contributed by atoms with Crippen LogP contribution in [0.5, 0.6) is 0 Å². The van der Waals surface area contributed by atoms with Crippen molar-refractivity contribution in [2.75, 3.05) is 5.73 Å². The Hall–Kier alpha value is -1.51. The first-order valence-corrected chi connectivity index (χ1v) is 5.05. The van der Waals surface area contributed by atoms with E-state index in [0.29, 0.717) is 5.82 Å². The number of rotatable bonds is 2. The van der Waals surface area contributed by atoms with Gasteiger partial charge < -0.3 is 5.73 Å². The zero-order valence-electron chi connectivity index (χ0n) is 7.98. The summed E-state index contributed by atoms with van der Waals surface area (Å²) in [6.45, 7) is 1.03. The number of fused-ring (bicyclic) bond motifs is 1. The van der Waals surface area contributed by atoms with Crippen molar-refractivity contribution in [2.24, 2.45) is 5.92 Å². The molecule has 3 nitrogen and oxygen atoms in total. The second-order valence-corrected chi connectivity index (χ2v) is 4.03. The molecule has 0 atom stereocenters. The Kier molecular flexibility index (Phi) is 1.54. The molecule has 0 spiro atoms. The van der Waals surface area contributed by atoms with Crippen molar-refractivity contribution in [3.05, 3.63) is 24.3 Å². The van der Waals surface area contributed by atoms with Crippen LogP contribution in [-0.4, -0.2) is 9.78 Å². The Morgan fingerprint density at radius 3 is 2.93 bits per heavy atom. The standard InChI is InChI=1S/C11H13N3/c12-11-9-3-1-2-4-10(9)14(13-11)7-8-5-6-8/h1-4,8H,5-7H2,(H2,12,13). The van der Waals surface area contributed by atoms with Gasteiger partial charge in [-0.1, -0.05) is 12.1 Å². The number of aromatic nitrogens is 2. The normalized spacial score (nSPS) is 16.3. The SMILES string of the molecule is Nc1nn(CC2CC2)c2ccccc12. The molecule has 1 fully saturated rings. The van der Waals surface area contributed by atoms with E-state index in [9.17, 15) is 0 Å². The van der Waals surface area contributed by atoms with E-state index in [2.05, 4.69) is 11.2 Å². The molecule has 0 aliphatic heterocycles. The molecule has 72 valence electrons. The van der Waals surface area contributed by atoms with Crippen LogP contribution >= 0.6 is 0 Å². The maximum absolute atomic E-state index is 5.84. The highest BCUT2D eigenvalue weighted by Crippen LogP contribution is 2.32. The van der Waals surface area contributed by atoms with Crippen molar-refractivity contribution in [1.29, 1.82) is 0 Å². The van der Waals surface area contributed by atoms with Crippen molar-refractivity contribution in [3.8, 4) is 0 Å². The average Bonchev–Trinajstić information content (AvgIpc) is 2.95. The highest BCUT2D eigenvalue weighted by atomic mass is 15.3. The third-order valence-corrected chi connectivity index (χ3v) is 2.81. The fraction of sp³-hybridized carbons (Fsp3) is 0.364. The fourth-order valence-corrected chi connectivity index (χ4v) is 1.84. The third kappa shape index (κ3) is 1.16. The Labute approximate surface area is 82.5 Å². The van der Waals surface area contributed by atoms with Crippen LogP contribution in [0, 0.1) is 5.92 Å². The summed E-state index contributed by atoms with van der Waals surface area (Å²) in [7, 11) is 0. The van der Waals surface area contributed by atoms with Crippen molar-refractivity contribution in [2.45, 2.75) is 19.4 Å². The van der Waals surface area contributed by atoms with Gasteiger partial charge in [0, 0.05) is 11.9 Å². The molecule has 3 heteroatoms. The number of hydrogen-bond donors (Lipinski definition) is 1. The Morgan fingerprint density at radius 1 is 1.36 bits per heavy atom. The van der Waals surface area contributed by atoms with Gasteiger partial charge in [0.05, 0.1) is 5.52 Å². The van der Waals surface area contributed by atoms with E-state index >= 15 is 0 Å². The third-order valence-electron chi connectivity index (χ3n) is 2.81. The van der Waals surface area contributed by atoms with Crippen LogP contribution < -0.4 is 5.73 Å². The van der Waals surface area contributed by atoms with E-state index < -0.39 is 0 Å². The van der Waals surface area contributed by atoms with E-state index in [1.165, 1.54) is 12.8 Å². The van der Waals surface area contributed by atoms with E-state index in [0.717, 1.165) is 23.4 Å². The second kappa shape index (κ2) is 2.74. The van der Waals surface area contributed by atoms with Crippen LogP contribution in [0.4, 0.5) is 5.82 Å². The molecule has 0 radical (unpaired) electrons. The van der Waals surface area contributed by atoms with Crippen LogP contribution in [0.1, 0.15) is 12.8 Å². The predicted octanol–water partition coefficient (Wildman–Crippen LogP) is 2.03. The van der Waals surface area contributed by atoms with Gasteiger partial charge in [0.15, 0.2) is 5.82 Å². The molecule has 1 saturated carbocycles. The highest BCUT2D eigenvalue weighted by molar-refractivity contribution is 5.88. The number of para-hydroxylation sites is 1. The molecule has 14 heavy (non-hydrogen) atoms. The summed E-state index contributed by atoms with van der Waals surface area (Å²) in [6, 6.07) is 8.15. The summed E-state index contributed by atoms with van der Waals surface area (Å²) in [5.41, 5.74) is 7.01. The van der Waals surface area contributed by atoms with Crippen LogP contribution in [0.25, 0.3) is 10.9 Å². The molecule has 1 aliphatic rings. The van der Waals surface area contributed by atoms with Gasteiger partial charge in [-0.3, -0.25) is 4.68 Å². The van der Waals surface area contributed by atoms with E-state index in [1.807, 2.05) is 22.9 Å². The molecule has 1 aliphatic carbocycles. The molecule has 0 amide bonds. The zero-order valence-corrected chi connectivity index (χ0v) is 7.98. The van der Waals surface area contributed by atoms with Gasteiger partial charge in [-0.2, -0.15) is 5.10 Å². The van der Waals surface area contributed by atoms with E-state index in [1.54, 1.807) is 0 Å². The first-order valence-electron chi connectivity index (χ1n) is 5.05. The fourth-order valence-electron chi connectivity index (χ4n) is 1.84. The predicted molar refractivity (Wildman–Crippen MR) is 56.9 cm³/mol. The van der Waals surface area contributed by atoms with Gasteiger partial charge >= 0.3 is 0 Å². The van der Waals surface area contributed by atoms with Crippen molar-refractivity contribution >= 4 is 16.7 Å². The molecule has 3 rings (SSSR count). The number of hydrogen-bond acceptors (Lipinski definition) is 2. The summed E-state index contributed by atoms with van der Waals surface area (Å²) in [6.07, 6.45) is 2.68. The minimum atomic E-state index is 0.654. The van der Waals surface area contributed by atoms with E-state index in [-0.39, 0.29) is 0 Å². The highest BCUT2D eigenvalue weighted by Gasteiger charge is 2.23. The van der Waals surface area contributed by atoms with Gasteiger partial charge in [-0.25, -0.2) is 0 Å². The first kappa shape index (κ1) is 7.85. The van der Waals surface area contributed by atoms with Gasteiger partial charge in [-0.05, 0) is 30.9 Å². The maximum atomic E-state index is 5.84. The molecular weight excluding hydrogens is 174 g/mol. The second-order valence-electron chi connectivity index (χ2n) is 4.03. The lowest BCUT2D eigenvalue weighted by atomic mass is 10.2. The zero-order chi connectivity index (χ0) is 9.54. The van der Waals surface area contributed by atoms with Crippen molar-refractivity contribution < 1.29 is 0 Å². The summed E-state index contributed by atoms with van der Waals surface area (Å²) in [5, 5.41) is 5.44. The van der Waals surface area contributed by atoms with Gasteiger partial charge in [0.25, 0.3) is 0 Å². The number of nitrogen functional groups attached to an aromatic ring is 1. The molecule has 0 unspecified atom stereocenters. The topological polar surface area (TPSA) is 43.8 Å². The molecule has 1 aromatic heterocycles.